The average Bonchev–Trinajstić information content (AvgIpc) is 2.94. The predicted octanol–water partition coefficient (Wildman–Crippen LogP) is 5.52. The summed E-state index contributed by atoms with van der Waals surface area (Å²) in [4.78, 5) is 0.482. The van der Waals surface area contributed by atoms with Crippen molar-refractivity contribution >= 4 is 27.5 Å². The molecule has 2 nitrogen and oxygen atoms in total. The summed E-state index contributed by atoms with van der Waals surface area (Å²) in [5.74, 6) is 1.79. The molecule has 1 saturated carbocycles. The van der Waals surface area contributed by atoms with Crippen LogP contribution in [0.15, 0.2) is 48.5 Å². The van der Waals surface area contributed by atoms with Crippen LogP contribution in [0.5, 0.6) is 5.75 Å². The number of hydrogen-bond donors (Lipinski definition) is 0. The van der Waals surface area contributed by atoms with Crippen LogP contribution in [0.2, 0.25) is 5.02 Å². The van der Waals surface area contributed by atoms with E-state index in [1.54, 1.807) is 0 Å². The summed E-state index contributed by atoms with van der Waals surface area (Å²) < 4.78 is 11.9. The standard InChI is InChI=1S/C20H21BrClO2.Y/c21-20-10-9-16(13-23-12-15-5-2-1-3-6-15)19(20)14-24-18-8-4-7-17(22)11-18;/h1-2,4-8,11,16,19-20H,9-10,12-14H2;/q-1;/t16-,19-,20?;/m1./s1. The molecular formula is C20H21BrClO2Y-. The van der Waals surface area contributed by atoms with Gasteiger partial charge in [-0.05, 0) is 37.0 Å². The molecule has 2 aromatic rings. The molecular weight excluding hydrogens is 476 g/mol. The SMILES string of the molecule is Clc1cccc(OC[C@H]2C(Br)CC[C@@H]2COCc2c[c-]ccc2)c1.[Y]. The van der Waals surface area contributed by atoms with E-state index in [2.05, 4.69) is 28.1 Å². The molecule has 131 valence electrons. The first-order valence-corrected chi connectivity index (χ1v) is 9.57. The number of ether oxygens (including phenoxy) is 2. The third-order valence-electron chi connectivity index (χ3n) is 4.49. The van der Waals surface area contributed by atoms with Crippen molar-refractivity contribution < 1.29 is 42.2 Å². The molecule has 2 aromatic carbocycles. The second-order valence-corrected chi connectivity index (χ2v) is 7.83. The van der Waals surface area contributed by atoms with Gasteiger partial charge in [0.15, 0.2) is 0 Å². The van der Waals surface area contributed by atoms with E-state index in [1.165, 1.54) is 6.42 Å². The van der Waals surface area contributed by atoms with Gasteiger partial charge in [0.25, 0.3) is 0 Å². The van der Waals surface area contributed by atoms with E-state index >= 15 is 0 Å². The van der Waals surface area contributed by atoms with Crippen molar-refractivity contribution in [1.82, 2.24) is 0 Å². The summed E-state index contributed by atoms with van der Waals surface area (Å²) in [6, 6.07) is 18.6. The molecule has 1 aliphatic carbocycles. The number of benzene rings is 2. The van der Waals surface area contributed by atoms with E-state index in [9.17, 15) is 0 Å². The van der Waals surface area contributed by atoms with Crippen LogP contribution >= 0.6 is 27.5 Å². The Kier molecular flexibility index (Phi) is 9.44. The third kappa shape index (κ3) is 6.63. The molecule has 0 bridgehead atoms. The normalized spacial score (nSPS) is 22.4. The van der Waals surface area contributed by atoms with Crippen LogP contribution in [0.3, 0.4) is 0 Å². The third-order valence-corrected chi connectivity index (χ3v) is 5.87. The smallest absolute Gasteiger partial charge is 0.120 e. The molecule has 1 fully saturated rings. The summed E-state index contributed by atoms with van der Waals surface area (Å²) in [6.07, 6.45) is 2.33. The van der Waals surface area contributed by atoms with Crippen molar-refractivity contribution in [2.24, 2.45) is 11.8 Å². The van der Waals surface area contributed by atoms with E-state index < -0.39 is 0 Å². The predicted molar refractivity (Wildman–Crippen MR) is 101 cm³/mol. The van der Waals surface area contributed by atoms with Gasteiger partial charge < -0.3 is 9.47 Å². The van der Waals surface area contributed by atoms with Gasteiger partial charge in [0.05, 0.1) is 6.61 Å². The van der Waals surface area contributed by atoms with Gasteiger partial charge in [-0.2, -0.15) is 30.3 Å². The van der Waals surface area contributed by atoms with Gasteiger partial charge in [0.1, 0.15) is 5.75 Å². The van der Waals surface area contributed by atoms with Crippen molar-refractivity contribution in [3.05, 3.63) is 65.2 Å². The zero-order valence-electron chi connectivity index (χ0n) is 14.0. The van der Waals surface area contributed by atoms with E-state index in [0.29, 0.717) is 34.9 Å². The average molecular weight is 498 g/mol. The van der Waals surface area contributed by atoms with Crippen molar-refractivity contribution in [3.8, 4) is 5.75 Å². The molecule has 0 aromatic heterocycles. The Bertz CT molecular complexity index is 641. The quantitative estimate of drug-likeness (QED) is 0.370. The minimum Gasteiger partial charge on any atom is -0.493 e. The first-order valence-electron chi connectivity index (χ1n) is 8.27. The van der Waals surface area contributed by atoms with Crippen LogP contribution in [0, 0.1) is 17.9 Å². The topological polar surface area (TPSA) is 18.5 Å². The zero-order valence-corrected chi connectivity index (χ0v) is 19.2. The van der Waals surface area contributed by atoms with Crippen molar-refractivity contribution in [1.29, 1.82) is 0 Å². The molecule has 0 saturated heterocycles. The fraction of sp³-hybridized carbons (Fsp3) is 0.400. The summed E-state index contributed by atoms with van der Waals surface area (Å²) in [6.45, 7) is 2.09. The second kappa shape index (κ2) is 11.0. The Hall–Kier alpha value is 0.0739. The Balaban J connectivity index is 0.00000225. The molecule has 0 aliphatic heterocycles. The molecule has 0 amide bonds. The summed E-state index contributed by atoms with van der Waals surface area (Å²) in [5, 5.41) is 0.703. The zero-order chi connectivity index (χ0) is 16.8. The molecule has 0 N–H and O–H groups in total. The van der Waals surface area contributed by atoms with Crippen LogP contribution in [0.4, 0.5) is 0 Å². The summed E-state index contributed by atoms with van der Waals surface area (Å²) >= 11 is 9.82. The van der Waals surface area contributed by atoms with Gasteiger partial charge >= 0.3 is 0 Å². The van der Waals surface area contributed by atoms with Crippen LogP contribution in [0.1, 0.15) is 18.4 Å². The first-order chi connectivity index (χ1) is 11.7. The fourth-order valence-electron chi connectivity index (χ4n) is 3.14. The van der Waals surface area contributed by atoms with Crippen LogP contribution < -0.4 is 4.74 Å². The van der Waals surface area contributed by atoms with E-state index in [-0.39, 0.29) is 32.7 Å². The second-order valence-electron chi connectivity index (χ2n) is 6.21. The molecule has 3 atom stereocenters. The maximum Gasteiger partial charge on any atom is 0.120 e. The van der Waals surface area contributed by atoms with E-state index in [4.69, 9.17) is 21.1 Å². The minimum atomic E-state index is 0. The Morgan fingerprint density at radius 1 is 1.16 bits per heavy atom. The molecule has 25 heavy (non-hydrogen) atoms. The van der Waals surface area contributed by atoms with Gasteiger partial charge in [0.2, 0.25) is 0 Å². The number of halogens is 2. The van der Waals surface area contributed by atoms with Crippen LogP contribution in [0.25, 0.3) is 0 Å². The molecule has 1 radical (unpaired) electrons. The molecule has 3 rings (SSSR count). The molecule has 1 aliphatic rings. The number of alkyl halides is 1. The molecule has 0 spiro atoms. The minimum absolute atomic E-state index is 0. The van der Waals surface area contributed by atoms with Crippen LogP contribution in [-0.4, -0.2) is 18.0 Å². The van der Waals surface area contributed by atoms with Gasteiger partial charge in [0, 0.05) is 61.7 Å². The fourth-order valence-corrected chi connectivity index (χ4v) is 4.17. The maximum absolute atomic E-state index is 6.01. The van der Waals surface area contributed by atoms with Crippen molar-refractivity contribution in [2.45, 2.75) is 24.3 Å². The van der Waals surface area contributed by atoms with Gasteiger partial charge in [-0.15, -0.1) is 5.56 Å². The summed E-state index contributed by atoms with van der Waals surface area (Å²) in [5.41, 5.74) is 1.16. The van der Waals surface area contributed by atoms with Crippen LogP contribution in [-0.2, 0) is 44.1 Å². The van der Waals surface area contributed by atoms with Gasteiger partial charge in [-0.1, -0.05) is 33.6 Å². The van der Waals surface area contributed by atoms with E-state index in [1.807, 2.05) is 42.5 Å². The first kappa shape index (κ1) is 21.4. The number of rotatable bonds is 7. The monoisotopic (exact) mass is 496 g/mol. The maximum atomic E-state index is 6.01. The Labute approximate surface area is 188 Å². The van der Waals surface area contributed by atoms with Gasteiger partial charge in [-0.25, -0.2) is 0 Å². The largest absolute Gasteiger partial charge is 0.493 e. The van der Waals surface area contributed by atoms with E-state index in [0.717, 1.165) is 24.3 Å². The molecule has 0 heterocycles. The van der Waals surface area contributed by atoms with Crippen molar-refractivity contribution in [3.63, 3.8) is 0 Å². The molecule has 5 heteroatoms. The van der Waals surface area contributed by atoms with Gasteiger partial charge in [-0.3, -0.25) is 0 Å². The summed E-state index contributed by atoms with van der Waals surface area (Å²) in [7, 11) is 0. The molecule has 1 unspecified atom stereocenters. The Morgan fingerprint density at radius 2 is 2.04 bits per heavy atom. The number of hydrogen-bond acceptors (Lipinski definition) is 2. The van der Waals surface area contributed by atoms with Crippen molar-refractivity contribution in [2.75, 3.05) is 13.2 Å². The Morgan fingerprint density at radius 3 is 2.80 bits per heavy atom.